The fraction of sp³-hybridized carbons (Fsp3) is 0.536. The van der Waals surface area contributed by atoms with Crippen molar-refractivity contribution < 1.29 is 33.3 Å². The fourth-order valence-corrected chi connectivity index (χ4v) is 4.60. The Morgan fingerprint density at radius 2 is 1.81 bits per heavy atom. The third-order valence-electron chi connectivity index (χ3n) is 6.28. The van der Waals surface area contributed by atoms with Gasteiger partial charge in [0.05, 0.1) is 13.0 Å². The van der Waals surface area contributed by atoms with Gasteiger partial charge in [-0.3, -0.25) is 9.59 Å². The summed E-state index contributed by atoms with van der Waals surface area (Å²) in [5, 5.41) is 10.5. The molecule has 0 saturated carbocycles. The topological polar surface area (TPSA) is 95.0 Å². The molecule has 0 aliphatic heterocycles. The number of benzene rings is 1. The molecule has 1 N–H and O–H groups in total. The van der Waals surface area contributed by atoms with Crippen molar-refractivity contribution in [1.82, 2.24) is 4.98 Å². The van der Waals surface area contributed by atoms with E-state index in [-0.39, 0.29) is 46.2 Å². The number of Topliss-reactive ketones (excluding diaryl/α,β-unsaturated/α-hetero) is 1. The van der Waals surface area contributed by atoms with Gasteiger partial charge in [0.25, 0.3) is 0 Å². The van der Waals surface area contributed by atoms with E-state index in [4.69, 9.17) is 25.8 Å². The van der Waals surface area contributed by atoms with E-state index in [1.54, 1.807) is 6.92 Å². The minimum atomic E-state index is -0.756. The first-order chi connectivity index (χ1) is 17.5. The molecule has 0 amide bonds. The average molecular weight is 538 g/mol. The number of hydrogen-bond donors (Lipinski definition) is 1. The molecule has 37 heavy (non-hydrogen) atoms. The van der Waals surface area contributed by atoms with E-state index in [1.165, 1.54) is 37.6 Å². The van der Waals surface area contributed by atoms with Crippen LogP contribution in [0.2, 0.25) is 5.02 Å². The maximum absolute atomic E-state index is 13.9. The van der Waals surface area contributed by atoms with Crippen molar-refractivity contribution in [2.75, 3.05) is 7.11 Å². The number of carbonyl (C=O) groups excluding carboxylic acids is 2. The lowest BCUT2D eigenvalue weighted by molar-refractivity contribution is -0.160. The van der Waals surface area contributed by atoms with Crippen molar-refractivity contribution in [3.8, 4) is 17.2 Å². The van der Waals surface area contributed by atoms with Crippen LogP contribution in [0.5, 0.6) is 17.2 Å². The standard InChI is InChI=1S/C28H37ClFNO6/c1-7-18(8-2)27(37-22-14-20(29)13-21(30)15-22)17(5)36-28(34)19(11-16(3)4)12-23(32)25-26(33)24(35-6)9-10-31-25/h9-10,13-19,27,33H,7-8,11-12H2,1-6H3/t17-,19+,27+/m0/s1. The second-order valence-corrected chi connectivity index (χ2v) is 10.0. The quantitative estimate of drug-likeness (QED) is 0.213. The summed E-state index contributed by atoms with van der Waals surface area (Å²) in [4.78, 5) is 30.3. The first-order valence-electron chi connectivity index (χ1n) is 12.6. The molecular formula is C28H37ClFNO6. The zero-order valence-corrected chi connectivity index (χ0v) is 23.0. The molecule has 0 spiro atoms. The summed E-state index contributed by atoms with van der Waals surface area (Å²) >= 11 is 6.00. The number of methoxy groups -OCH3 is 1. The summed E-state index contributed by atoms with van der Waals surface area (Å²) in [6, 6.07) is 5.38. The second-order valence-electron chi connectivity index (χ2n) is 9.57. The lowest BCUT2D eigenvalue weighted by Gasteiger charge is -2.32. The van der Waals surface area contributed by atoms with E-state index < -0.39 is 35.7 Å². The Balaban J connectivity index is 2.25. The molecule has 0 radical (unpaired) electrons. The molecule has 0 fully saturated rings. The van der Waals surface area contributed by atoms with Gasteiger partial charge < -0.3 is 19.3 Å². The highest BCUT2D eigenvalue weighted by Crippen LogP contribution is 2.31. The number of esters is 1. The van der Waals surface area contributed by atoms with Crippen LogP contribution in [0, 0.1) is 23.6 Å². The molecule has 1 aromatic heterocycles. The van der Waals surface area contributed by atoms with E-state index >= 15 is 0 Å². The van der Waals surface area contributed by atoms with Gasteiger partial charge in [-0.15, -0.1) is 0 Å². The predicted molar refractivity (Wildman–Crippen MR) is 140 cm³/mol. The van der Waals surface area contributed by atoms with Gasteiger partial charge in [-0.1, -0.05) is 39.3 Å². The van der Waals surface area contributed by atoms with Crippen LogP contribution in [0.15, 0.2) is 30.5 Å². The predicted octanol–water partition coefficient (Wildman–Crippen LogP) is 6.64. The summed E-state index contributed by atoms with van der Waals surface area (Å²) in [7, 11) is 1.37. The maximum Gasteiger partial charge on any atom is 0.309 e. The van der Waals surface area contributed by atoms with Gasteiger partial charge in [0.1, 0.15) is 23.8 Å². The number of hydrogen-bond acceptors (Lipinski definition) is 7. The lowest BCUT2D eigenvalue weighted by atomic mass is 9.90. The molecular weight excluding hydrogens is 501 g/mol. The highest BCUT2D eigenvalue weighted by molar-refractivity contribution is 6.30. The van der Waals surface area contributed by atoms with Crippen LogP contribution in [0.3, 0.4) is 0 Å². The van der Waals surface area contributed by atoms with Gasteiger partial charge in [-0.2, -0.15) is 0 Å². The van der Waals surface area contributed by atoms with Crippen LogP contribution in [-0.4, -0.2) is 41.2 Å². The van der Waals surface area contributed by atoms with Crippen LogP contribution in [0.1, 0.15) is 70.8 Å². The smallest absolute Gasteiger partial charge is 0.309 e. The minimum absolute atomic E-state index is 0.0213. The lowest BCUT2D eigenvalue weighted by Crippen LogP contribution is -2.40. The summed E-state index contributed by atoms with van der Waals surface area (Å²) in [5.74, 6) is -2.19. The van der Waals surface area contributed by atoms with Gasteiger partial charge in [-0.05, 0) is 50.2 Å². The monoisotopic (exact) mass is 537 g/mol. The molecule has 0 aliphatic carbocycles. The molecule has 0 aliphatic rings. The number of halogens is 2. The molecule has 204 valence electrons. The van der Waals surface area contributed by atoms with Crippen molar-refractivity contribution in [3.05, 3.63) is 47.0 Å². The van der Waals surface area contributed by atoms with E-state index in [2.05, 4.69) is 4.98 Å². The van der Waals surface area contributed by atoms with Gasteiger partial charge in [0.15, 0.2) is 23.0 Å². The Morgan fingerprint density at radius 1 is 1.14 bits per heavy atom. The third-order valence-corrected chi connectivity index (χ3v) is 6.50. The van der Waals surface area contributed by atoms with Crippen molar-refractivity contribution in [2.24, 2.45) is 17.8 Å². The maximum atomic E-state index is 13.9. The first-order valence-corrected chi connectivity index (χ1v) is 13.0. The summed E-state index contributed by atoms with van der Waals surface area (Å²) in [6.07, 6.45) is 1.83. The molecule has 7 nitrogen and oxygen atoms in total. The zero-order chi connectivity index (χ0) is 27.7. The van der Waals surface area contributed by atoms with Crippen molar-refractivity contribution in [3.63, 3.8) is 0 Å². The number of nitrogens with zero attached hydrogens (tertiary/aromatic N) is 1. The molecule has 0 bridgehead atoms. The van der Waals surface area contributed by atoms with E-state index in [0.717, 1.165) is 12.8 Å². The summed E-state index contributed by atoms with van der Waals surface area (Å²) in [5.41, 5.74) is -0.157. The van der Waals surface area contributed by atoms with Crippen LogP contribution < -0.4 is 9.47 Å². The highest BCUT2D eigenvalue weighted by atomic mass is 35.5. The third kappa shape index (κ3) is 8.59. The normalized spacial score (nSPS) is 13.8. The number of pyridine rings is 1. The fourth-order valence-electron chi connectivity index (χ4n) is 4.39. The summed E-state index contributed by atoms with van der Waals surface area (Å²) in [6.45, 7) is 9.63. The number of ketones is 1. The molecule has 9 heteroatoms. The van der Waals surface area contributed by atoms with Crippen LogP contribution in [0.25, 0.3) is 0 Å². The van der Waals surface area contributed by atoms with E-state index in [0.29, 0.717) is 6.42 Å². The molecule has 1 heterocycles. The Labute approximate surface area is 223 Å². The highest BCUT2D eigenvalue weighted by Gasteiger charge is 2.33. The first kappa shape index (κ1) is 30.4. The van der Waals surface area contributed by atoms with Gasteiger partial charge in [-0.25, -0.2) is 9.37 Å². The van der Waals surface area contributed by atoms with Crippen LogP contribution in [-0.2, 0) is 9.53 Å². The minimum Gasteiger partial charge on any atom is -0.503 e. The zero-order valence-electron chi connectivity index (χ0n) is 22.3. The van der Waals surface area contributed by atoms with E-state index in [1.807, 2.05) is 27.7 Å². The van der Waals surface area contributed by atoms with Crippen molar-refractivity contribution in [2.45, 2.75) is 72.5 Å². The molecule has 1 aromatic carbocycles. The Hall–Kier alpha value is -2.87. The number of carbonyl (C=O) groups is 2. The Morgan fingerprint density at radius 3 is 2.38 bits per heavy atom. The number of aromatic hydroxyl groups is 1. The average Bonchev–Trinajstić information content (AvgIpc) is 2.82. The molecule has 2 aromatic rings. The number of aromatic nitrogens is 1. The van der Waals surface area contributed by atoms with E-state index in [9.17, 15) is 19.1 Å². The van der Waals surface area contributed by atoms with Crippen molar-refractivity contribution in [1.29, 1.82) is 0 Å². The number of rotatable bonds is 14. The molecule has 0 saturated heterocycles. The molecule has 2 rings (SSSR count). The van der Waals surface area contributed by atoms with Gasteiger partial charge >= 0.3 is 5.97 Å². The Kier molecular flexibility index (Phi) is 11.6. The van der Waals surface area contributed by atoms with Crippen LogP contribution >= 0.6 is 11.6 Å². The largest absolute Gasteiger partial charge is 0.503 e. The summed E-state index contributed by atoms with van der Waals surface area (Å²) < 4.78 is 30.9. The Bertz CT molecular complexity index is 1040. The van der Waals surface area contributed by atoms with Gasteiger partial charge in [0.2, 0.25) is 0 Å². The molecule has 0 unspecified atom stereocenters. The second kappa shape index (κ2) is 14.2. The van der Waals surface area contributed by atoms with Crippen molar-refractivity contribution >= 4 is 23.4 Å². The molecule has 3 atom stereocenters. The van der Waals surface area contributed by atoms with Crippen LogP contribution in [0.4, 0.5) is 4.39 Å². The number of ether oxygens (including phenoxy) is 3. The SMILES string of the molecule is CCC(CC)[C@H](Oc1cc(F)cc(Cl)c1)[C@H](C)OC(=O)[C@@H](CC(=O)c1nccc(OC)c1O)CC(C)C. The van der Waals surface area contributed by atoms with Gasteiger partial charge in [0, 0.05) is 29.8 Å².